The van der Waals surface area contributed by atoms with E-state index in [1.54, 1.807) is 18.7 Å². The monoisotopic (exact) mass is 653 g/mol. The molecule has 2 atom stereocenters. The number of amides is 3. The van der Waals surface area contributed by atoms with Gasteiger partial charge in [0.2, 0.25) is 17.7 Å². The summed E-state index contributed by atoms with van der Waals surface area (Å²) in [5.74, 6) is -0.149. The second-order valence-corrected chi connectivity index (χ2v) is 13.3. The predicted octanol–water partition coefficient (Wildman–Crippen LogP) is 2.18. The molecule has 13 heteroatoms. The van der Waals surface area contributed by atoms with Crippen molar-refractivity contribution in [3.05, 3.63) is 54.1 Å². The lowest BCUT2D eigenvalue weighted by Gasteiger charge is -2.43. The Morgan fingerprint density at radius 2 is 1.87 bits per heavy atom. The second kappa shape index (κ2) is 15.9. The summed E-state index contributed by atoms with van der Waals surface area (Å²) in [6, 6.07) is 16.2. The number of likely N-dealkylation sites (tertiary alicyclic amines) is 1. The van der Waals surface area contributed by atoms with Gasteiger partial charge in [0.1, 0.15) is 18.2 Å². The molecule has 3 heterocycles. The summed E-state index contributed by atoms with van der Waals surface area (Å²) in [6.45, 7) is 5.00. The van der Waals surface area contributed by atoms with E-state index >= 15 is 0 Å². The van der Waals surface area contributed by atoms with Gasteiger partial charge in [-0.05, 0) is 18.2 Å². The molecule has 45 heavy (non-hydrogen) atoms. The zero-order valence-corrected chi connectivity index (χ0v) is 27.0. The van der Waals surface area contributed by atoms with Crippen LogP contribution in [-0.2, 0) is 23.9 Å². The van der Waals surface area contributed by atoms with Crippen LogP contribution in [0.25, 0.3) is 0 Å². The number of thioether (sulfide) groups is 1. The molecule has 240 valence electrons. The first-order chi connectivity index (χ1) is 21.9. The fourth-order valence-corrected chi connectivity index (χ4v) is 7.65. The van der Waals surface area contributed by atoms with Gasteiger partial charge in [0.15, 0.2) is 0 Å². The minimum Gasteiger partial charge on any atom is -0.394 e. The number of rotatable bonds is 13. The third-order valence-corrected chi connectivity index (χ3v) is 10.4. The van der Waals surface area contributed by atoms with Crippen LogP contribution in [0, 0.1) is 0 Å². The largest absolute Gasteiger partial charge is 0.394 e. The molecule has 0 aromatic heterocycles. The van der Waals surface area contributed by atoms with Crippen molar-refractivity contribution in [2.24, 2.45) is 4.99 Å². The summed E-state index contributed by atoms with van der Waals surface area (Å²) in [6.07, 6.45) is 0.376. The summed E-state index contributed by atoms with van der Waals surface area (Å²) in [4.78, 5) is 63.0. The molecule has 2 aromatic rings. The van der Waals surface area contributed by atoms with Crippen LogP contribution in [0.1, 0.15) is 25.3 Å². The van der Waals surface area contributed by atoms with E-state index in [0.717, 1.165) is 38.3 Å². The first-order valence-electron chi connectivity index (χ1n) is 15.2. The number of imide groups is 1. The average Bonchev–Trinajstić information content (AvgIpc) is 3.21. The number of ether oxygens (including phenoxy) is 1. The molecule has 0 aliphatic carbocycles. The summed E-state index contributed by atoms with van der Waals surface area (Å²) >= 11 is 2.87. The first-order valence-corrected chi connectivity index (χ1v) is 17.1. The van der Waals surface area contributed by atoms with Crippen molar-refractivity contribution in [1.29, 1.82) is 0 Å². The minimum absolute atomic E-state index is 0.00201. The van der Waals surface area contributed by atoms with Crippen LogP contribution in [0.3, 0.4) is 0 Å². The van der Waals surface area contributed by atoms with Crippen molar-refractivity contribution in [2.75, 3.05) is 64.8 Å². The fraction of sp³-hybridized carbons (Fsp3) is 0.469. The van der Waals surface area contributed by atoms with Crippen LogP contribution < -0.4 is 5.32 Å². The number of benzene rings is 2. The SMILES string of the molecule is CCC(=O)CSC1CC(=O)N(CC(=O)NCC2CN(C3=Nc4ccccc4Sc4ccccc43)CCN2CCOCCO)C1=O. The minimum atomic E-state index is -0.631. The maximum Gasteiger partial charge on any atom is 0.243 e. The fourth-order valence-electron chi connectivity index (χ4n) is 5.51. The Morgan fingerprint density at radius 1 is 1.09 bits per heavy atom. The molecule has 2 aromatic carbocycles. The van der Waals surface area contributed by atoms with Crippen molar-refractivity contribution in [2.45, 2.75) is 40.8 Å². The van der Waals surface area contributed by atoms with Crippen molar-refractivity contribution in [3.63, 3.8) is 0 Å². The summed E-state index contributed by atoms with van der Waals surface area (Å²) in [5, 5.41) is 11.4. The summed E-state index contributed by atoms with van der Waals surface area (Å²) in [7, 11) is 0. The van der Waals surface area contributed by atoms with Crippen LogP contribution in [0.4, 0.5) is 5.69 Å². The van der Waals surface area contributed by atoms with Gasteiger partial charge in [-0.25, -0.2) is 4.99 Å². The molecule has 0 radical (unpaired) electrons. The lowest BCUT2D eigenvalue weighted by atomic mass is 10.1. The van der Waals surface area contributed by atoms with E-state index < -0.39 is 23.0 Å². The number of aliphatic hydroxyl groups excluding tert-OH is 1. The van der Waals surface area contributed by atoms with Gasteiger partial charge in [0, 0.05) is 67.0 Å². The number of carbonyl (C=O) groups is 4. The number of carbonyl (C=O) groups excluding carboxylic acids is 4. The molecule has 11 nitrogen and oxygen atoms in total. The number of para-hydroxylation sites is 1. The van der Waals surface area contributed by atoms with Crippen LogP contribution in [0.2, 0.25) is 0 Å². The number of ketones is 1. The highest BCUT2D eigenvalue weighted by Crippen LogP contribution is 2.40. The van der Waals surface area contributed by atoms with E-state index in [4.69, 9.17) is 14.8 Å². The number of amidine groups is 1. The molecule has 3 aliphatic rings. The van der Waals surface area contributed by atoms with Gasteiger partial charge in [0.05, 0.1) is 36.5 Å². The number of aliphatic imine (C=N–C) groups is 1. The molecule has 5 rings (SSSR count). The number of nitrogens with one attached hydrogen (secondary N) is 1. The Morgan fingerprint density at radius 3 is 2.67 bits per heavy atom. The van der Waals surface area contributed by atoms with E-state index in [9.17, 15) is 19.2 Å². The summed E-state index contributed by atoms with van der Waals surface area (Å²) in [5.41, 5.74) is 1.97. The molecule has 2 N–H and O–H groups in total. The van der Waals surface area contributed by atoms with E-state index in [1.165, 1.54) is 11.8 Å². The molecular formula is C32H39N5O6S2. The standard InChI is InChI=1S/C32H39N5O6S2/c1-2-23(39)21-44-28-17-30(41)37(32(28)42)20-29(40)33-18-22-19-36(12-11-35(22)13-15-43-16-14-38)31-24-7-3-5-9-26(24)45-27-10-6-4-8-25(27)34-31/h3-10,22,28,38H,2,11-21H2,1H3,(H,33,40). The van der Waals surface area contributed by atoms with Gasteiger partial charge in [0.25, 0.3) is 0 Å². The zero-order valence-electron chi connectivity index (χ0n) is 25.4. The van der Waals surface area contributed by atoms with Crippen LogP contribution in [0.15, 0.2) is 63.3 Å². The van der Waals surface area contributed by atoms with Gasteiger partial charge in [-0.15, -0.1) is 11.8 Å². The van der Waals surface area contributed by atoms with Crippen LogP contribution in [-0.4, -0.2) is 125 Å². The quantitative estimate of drug-likeness (QED) is 0.245. The van der Waals surface area contributed by atoms with Crippen molar-refractivity contribution >= 4 is 58.6 Å². The van der Waals surface area contributed by atoms with Crippen molar-refractivity contribution in [3.8, 4) is 0 Å². The van der Waals surface area contributed by atoms with E-state index in [1.807, 2.05) is 30.3 Å². The second-order valence-electron chi connectivity index (χ2n) is 11.0. The maximum absolute atomic E-state index is 13.1. The number of hydrogen-bond donors (Lipinski definition) is 2. The van der Waals surface area contributed by atoms with E-state index in [0.29, 0.717) is 39.2 Å². The molecule has 0 bridgehead atoms. The normalized spacial score (nSPS) is 20.0. The van der Waals surface area contributed by atoms with Gasteiger partial charge >= 0.3 is 0 Å². The average molecular weight is 654 g/mol. The molecule has 0 spiro atoms. The Kier molecular flexibility index (Phi) is 11.7. The predicted molar refractivity (Wildman–Crippen MR) is 174 cm³/mol. The third-order valence-electron chi connectivity index (χ3n) is 7.98. The van der Waals surface area contributed by atoms with Crippen LogP contribution in [0.5, 0.6) is 0 Å². The van der Waals surface area contributed by atoms with Gasteiger partial charge in [-0.2, -0.15) is 0 Å². The number of piperazine rings is 1. The Bertz CT molecular complexity index is 1440. The lowest BCUT2D eigenvalue weighted by Crippen LogP contribution is -2.59. The number of aliphatic hydroxyl groups is 1. The molecule has 2 unspecified atom stereocenters. The lowest BCUT2D eigenvalue weighted by molar-refractivity contribution is -0.142. The van der Waals surface area contributed by atoms with Crippen molar-refractivity contribution < 1.29 is 29.0 Å². The number of fused-ring (bicyclic) bond motifs is 2. The highest BCUT2D eigenvalue weighted by atomic mass is 32.2. The van der Waals surface area contributed by atoms with E-state index in [-0.39, 0.29) is 43.8 Å². The van der Waals surface area contributed by atoms with Gasteiger partial charge in [-0.1, -0.05) is 49.0 Å². The Hall–Kier alpha value is -3.23. The number of hydrogen-bond acceptors (Lipinski definition) is 11. The summed E-state index contributed by atoms with van der Waals surface area (Å²) < 4.78 is 5.54. The smallest absolute Gasteiger partial charge is 0.243 e. The highest BCUT2D eigenvalue weighted by molar-refractivity contribution is 8.01. The Balaban J connectivity index is 1.27. The molecule has 0 saturated carbocycles. The van der Waals surface area contributed by atoms with Crippen molar-refractivity contribution in [1.82, 2.24) is 20.0 Å². The molecule has 3 aliphatic heterocycles. The number of nitrogens with zero attached hydrogens (tertiary/aromatic N) is 4. The molecule has 2 fully saturated rings. The zero-order chi connectivity index (χ0) is 31.8. The molecule has 3 amide bonds. The third kappa shape index (κ3) is 8.33. The highest BCUT2D eigenvalue weighted by Gasteiger charge is 2.40. The van der Waals surface area contributed by atoms with Gasteiger partial charge in [-0.3, -0.25) is 29.0 Å². The van der Waals surface area contributed by atoms with E-state index in [2.05, 4.69) is 33.3 Å². The molecule has 2 saturated heterocycles. The van der Waals surface area contributed by atoms with Crippen LogP contribution >= 0.6 is 23.5 Å². The molecular weight excluding hydrogens is 615 g/mol. The Labute approximate surface area is 271 Å². The number of Topliss-reactive ketones (excluding diaryl/α,β-unsaturated/α-hetero) is 1. The van der Waals surface area contributed by atoms with Gasteiger partial charge < -0.3 is 20.1 Å². The topological polar surface area (TPSA) is 132 Å². The first kappa shape index (κ1) is 33.1. The maximum atomic E-state index is 13.1.